The molecule has 0 bridgehead atoms. The largest absolute Gasteiger partial charge is 0.396 e. The Hall–Kier alpha value is -0.930. The summed E-state index contributed by atoms with van der Waals surface area (Å²) in [4.78, 5) is 0. The summed E-state index contributed by atoms with van der Waals surface area (Å²) in [5.41, 5.74) is 1.61. The van der Waals surface area contributed by atoms with Crippen LogP contribution in [-0.2, 0) is 6.54 Å². The van der Waals surface area contributed by atoms with Gasteiger partial charge in [0.25, 0.3) is 0 Å². The Balaban J connectivity index is 2.42. The molecule has 0 amide bonds. The molecular formula is C11H16FNO. The Morgan fingerprint density at radius 2 is 2.21 bits per heavy atom. The molecule has 1 aromatic rings. The van der Waals surface area contributed by atoms with Gasteiger partial charge in [-0.25, -0.2) is 4.39 Å². The third kappa shape index (κ3) is 3.44. The second-order valence-electron chi connectivity index (χ2n) is 3.35. The molecule has 2 nitrogen and oxygen atoms in total. The molecule has 14 heavy (non-hydrogen) atoms. The highest BCUT2D eigenvalue weighted by atomic mass is 19.1. The first-order chi connectivity index (χ1) is 6.74. The lowest BCUT2D eigenvalue weighted by atomic mass is 10.1. The summed E-state index contributed by atoms with van der Waals surface area (Å²) in [6, 6.07) is 5.21. The average molecular weight is 197 g/mol. The maximum atomic E-state index is 13.3. The van der Waals surface area contributed by atoms with Crippen molar-refractivity contribution in [1.82, 2.24) is 5.32 Å². The fraction of sp³-hybridized carbons (Fsp3) is 0.455. The zero-order chi connectivity index (χ0) is 10.4. The number of rotatable bonds is 5. The average Bonchev–Trinajstić information content (AvgIpc) is 2.15. The van der Waals surface area contributed by atoms with Crippen LogP contribution in [0.3, 0.4) is 0 Å². The third-order valence-corrected chi connectivity index (χ3v) is 2.04. The number of nitrogens with one attached hydrogen (secondary N) is 1. The number of benzene rings is 1. The van der Waals surface area contributed by atoms with Crippen LogP contribution >= 0.6 is 0 Å². The summed E-state index contributed by atoms with van der Waals surface area (Å²) >= 11 is 0. The van der Waals surface area contributed by atoms with Gasteiger partial charge in [-0.05, 0) is 31.5 Å². The van der Waals surface area contributed by atoms with E-state index >= 15 is 0 Å². The van der Waals surface area contributed by atoms with Gasteiger partial charge in [0.15, 0.2) is 0 Å². The van der Waals surface area contributed by atoms with Crippen molar-refractivity contribution in [3.05, 3.63) is 35.1 Å². The lowest BCUT2D eigenvalue weighted by molar-refractivity contribution is 0.286. The standard InChI is InChI=1S/C11H16FNO/c1-9-3-4-10(11(12)7-9)8-13-5-2-6-14/h3-4,7,13-14H,2,5-6,8H2,1H3. The first kappa shape index (κ1) is 11.1. The van der Waals surface area contributed by atoms with Gasteiger partial charge in [-0.2, -0.15) is 0 Å². The first-order valence-electron chi connectivity index (χ1n) is 4.80. The molecule has 1 rings (SSSR count). The van der Waals surface area contributed by atoms with Gasteiger partial charge < -0.3 is 10.4 Å². The molecular weight excluding hydrogens is 181 g/mol. The molecule has 0 aromatic heterocycles. The van der Waals surface area contributed by atoms with Gasteiger partial charge in [0.1, 0.15) is 5.82 Å². The van der Waals surface area contributed by atoms with Crippen molar-refractivity contribution in [1.29, 1.82) is 0 Å². The summed E-state index contributed by atoms with van der Waals surface area (Å²) in [5.74, 6) is -0.165. The third-order valence-electron chi connectivity index (χ3n) is 2.04. The number of hydrogen-bond donors (Lipinski definition) is 2. The van der Waals surface area contributed by atoms with Gasteiger partial charge in [-0.3, -0.25) is 0 Å². The van der Waals surface area contributed by atoms with Crippen LogP contribution in [0.4, 0.5) is 4.39 Å². The van der Waals surface area contributed by atoms with Crippen molar-refractivity contribution in [2.45, 2.75) is 19.9 Å². The lowest BCUT2D eigenvalue weighted by Gasteiger charge is -2.05. The van der Waals surface area contributed by atoms with E-state index in [4.69, 9.17) is 5.11 Å². The summed E-state index contributed by atoms with van der Waals surface area (Å²) in [5, 5.41) is 11.6. The van der Waals surface area contributed by atoms with Crippen molar-refractivity contribution >= 4 is 0 Å². The smallest absolute Gasteiger partial charge is 0.127 e. The maximum absolute atomic E-state index is 13.3. The van der Waals surface area contributed by atoms with Gasteiger partial charge in [-0.1, -0.05) is 12.1 Å². The molecule has 0 atom stereocenters. The normalized spacial score (nSPS) is 10.5. The van der Waals surface area contributed by atoms with Gasteiger partial charge in [0.2, 0.25) is 0 Å². The Kier molecular flexibility index (Phi) is 4.56. The molecule has 0 unspecified atom stereocenters. The molecule has 0 aliphatic heterocycles. The van der Waals surface area contributed by atoms with E-state index in [9.17, 15) is 4.39 Å². The monoisotopic (exact) mass is 197 g/mol. The quantitative estimate of drug-likeness (QED) is 0.703. The van der Waals surface area contributed by atoms with E-state index in [1.54, 1.807) is 6.07 Å². The predicted octanol–water partition coefficient (Wildman–Crippen LogP) is 1.61. The Bertz CT molecular complexity index is 289. The number of hydrogen-bond acceptors (Lipinski definition) is 2. The van der Waals surface area contributed by atoms with E-state index in [1.807, 2.05) is 13.0 Å². The molecule has 0 heterocycles. The molecule has 3 heteroatoms. The fourth-order valence-electron chi connectivity index (χ4n) is 1.22. The van der Waals surface area contributed by atoms with E-state index in [2.05, 4.69) is 5.32 Å². The molecule has 0 radical (unpaired) electrons. The second kappa shape index (κ2) is 5.73. The van der Waals surface area contributed by atoms with E-state index < -0.39 is 0 Å². The van der Waals surface area contributed by atoms with Crippen molar-refractivity contribution < 1.29 is 9.50 Å². The molecule has 0 aliphatic carbocycles. The molecule has 2 N–H and O–H groups in total. The molecule has 0 aliphatic rings. The highest BCUT2D eigenvalue weighted by Crippen LogP contribution is 2.09. The Morgan fingerprint density at radius 1 is 1.43 bits per heavy atom. The van der Waals surface area contributed by atoms with Gasteiger partial charge in [-0.15, -0.1) is 0 Å². The van der Waals surface area contributed by atoms with E-state index in [1.165, 1.54) is 6.07 Å². The summed E-state index contributed by atoms with van der Waals surface area (Å²) < 4.78 is 13.3. The fourth-order valence-corrected chi connectivity index (χ4v) is 1.22. The summed E-state index contributed by atoms with van der Waals surface area (Å²) in [7, 11) is 0. The zero-order valence-electron chi connectivity index (χ0n) is 8.39. The van der Waals surface area contributed by atoms with Gasteiger partial charge >= 0.3 is 0 Å². The Labute approximate surface area is 83.8 Å². The topological polar surface area (TPSA) is 32.3 Å². The van der Waals surface area contributed by atoms with Crippen molar-refractivity contribution in [3.8, 4) is 0 Å². The summed E-state index contributed by atoms with van der Waals surface area (Å²) in [6.07, 6.45) is 0.702. The SMILES string of the molecule is Cc1ccc(CNCCCO)c(F)c1. The highest BCUT2D eigenvalue weighted by molar-refractivity contribution is 5.23. The van der Waals surface area contributed by atoms with Crippen LogP contribution in [0.5, 0.6) is 0 Å². The lowest BCUT2D eigenvalue weighted by Crippen LogP contribution is -2.16. The van der Waals surface area contributed by atoms with Crippen LogP contribution in [0, 0.1) is 12.7 Å². The first-order valence-corrected chi connectivity index (χ1v) is 4.80. The minimum Gasteiger partial charge on any atom is -0.396 e. The van der Waals surface area contributed by atoms with Crippen LogP contribution < -0.4 is 5.32 Å². The van der Waals surface area contributed by atoms with E-state index in [0.717, 1.165) is 5.56 Å². The molecule has 1 aromatic carbocycles. The number of aryl methyl sites for hydroxylation is 1. The van der Waals surface area contributed by atoms with Crippen molar-refractivity contribution in [3.63, 3.8) is 0 Å². The molecule has 0 saturated heterocycles. The van der Waals surface area contributed by atoms with Crippen LogP contribution in [-0.4, -0.2) is 18.3 Å². The predicted molar refractivity (Wildman–Crippen MR) is 54.5 cm³/mol. The number of aliphatic hydroxyl groups excluding tert-OH is 1. The van der Waals surface area contributed by atoms with Crippen molar-refractivity contribution in [2.24, 2.45) is 0 Å². The van der Waals surface area contributed by atoms with Gasteiger partial charge in [0, 0.05) is 18.7 Å². The van der Waals surface area contributed by atoms with Crippen LogP contribution in [0.15, 0.2) is 18.2 Å². The molecule has 0 spiro atoms. The highest BCUT2D eigenvalue weighted by Gasteiger charge is 2.00. The zero-order valence-corrected chi connectivity index (χ0v) is 8.39. The van der Waals surface area contributed by atoms with Crippen molar-refractivity contribution in [2.75, 3.05) is 13.2 Å². The van der Waals surface area contributed by atoms with Gasteiger partial charge in [0.05, 0.1) is 0 Å². The van der Waals surface area contributed by atoms with Crippen LogP contribution in [0.25, 0.3) is 0 Å². The van der Waals surface area contributed by atoms with Crippen LogP contribution in [0.1, 0.15) is 17.5 Å². The summed E-state index contributed by atoms with van der Waals surface area (Å²) in [6.45, 7) is 3.27. The second-order valence-corrected chi connectivity index (χ2v) is 3.35. The van der Waals surface area contributed by atoms with Crippen LogP contribution in [0.2, 0.25) is 0 Å². The molecule has 0 saturated carbocycles. The molecule has 0 fully saturated rings. The number of aliphatic hydroxyl groups is 1. The Morgan fingerprint density at radius 3 is 2.86 bits per heavy atom. The maximum Gasteiger partial charge on any atom is 0.127 e. The number of halogens is 1. The van der Waals surface area contributed by atoms with E-state index in [0.29, 0.717) is 25.1 Å². The minimum atomic E-state index is -0.165. The minimum absolute atomic E-state index is 0.165. The van der Waals surface area contributed by atoms with E-state index in [-0.39, 0.29) is 12.4 Å². The molecule has 78 valence electrons.